The number of amides is 2. The van der Waals surface area contributed by atoms with Crippen LogP contribution in [0.2, 0.25) is 0 Å². The van der Waals surface area contributed by atoms with Crippen LogP contribution in [0.5, 0.6) is 0 Å². The number of carbonyl (C=O) groups is 2. The van der Waals surface area contributed by atoms with Crippen LogP contribution in [0.15, 0.2) is 6.20 Å². The quantitative estimate of drug-likeness (QED) is 0.909. The van der Waals surface area contributed by atoms with E-state index in [-0.39, 0.29) is 29.8 Å². The summed E-state index contributed by atoms with van der Waals surface area (Å²) in [6, 6.07) is -0.238. The minimum Gasteiger partial charge on any atom is -0.350 e. The number of hydrogen-bond donors (Lipinski definition) is 1. The number of nitrogens with zero attached hydrogens (tertiary/aromatic N) is 3. The predicted molar refractivity (Wildman–Crippen MR) is 86.8 cm³/mol. The molecule has 1 fully saturated rings. The Kier molecular flexibility index (Phi) is 4.41. The van der Waals surface area contributed by atoms with Gasteiger partial charge < -0.3 is 14.8 Å². The van der Waals surface area contributed by atoms with E-state index < -0.39 is 0 Å². The van der Waals surface area contributed by atoms with Crippen LogP contribution in [0, 0.1) is 12.8 Å². The number of rotatable bonds is 4. The van der Waals surface area contributed by atoms with Crippen molar-refractivity contribution in [3.8, 4) is 0 Å². The lowest BCUT2D eigenvalue weighted by Crippen LogP contribution is -2.53. The molecular formula is C17H26N4O2. The second-order valence-corrected chi connectivity index (χ2v) is 7.07. The molecule has 2 unspecified atom stereocenters. The molecule has 6 nitrogen and oxygen atoms in total. The highest BCUT2D eigenvalue weighted by molar-refractivity contribution is 5.89. The first-order valence-corrected chi connectivity index (χ1v) is 8.58. The third kappa shape index (κ3) is 3.26. The number of fused-ring (bicyclic) bond motifs is 1. The zero-order valence-corrected chi connectivity index (χ0v) is 14.2. The summed E-state index contributed by atoms with van der Waals surface area (Å²) in [4.78, 5) is 31.0. The summed E-state index contributed by atoms with van der Waals surface area (Å²) in [5.41, 5.74) is 1.02. The summed E-state index contributed by atoms with van der Waals surface area (Å²) in [6.07, 6.45) is 5.25. The largest absolute Gasteiger partial charge is 0.350 e. The second-order valence-electron chi connectivity index (χ2n) is 7.07. The highest BCUT2D eigenvalue weighted by Gasteiger charge is 2.36. The zero-order chi connectivity index (χ0) is 16.6. The Hall–Kier alpha value is -1.85. The fourth-order valence-electron chi connectivity index (χ4n) is 3.76. The summed E-state index contributed by atoms with van der Waals surface area (Å²) >= 11 is 0. The molecule has 1 N–H and O–H groups in total. The van der Waals surface area contributed by atoms with Gasteiger partial charge in [0.25, 0.3) is 0 Å². The van der Waals surface area contributed by atoms with E-state index in [1.165, 1.54) is 0 Å². The van der Waals surface area contributed by atoms with Crippen molar-refractivity contribution in [2.45, 2.75) is 65.1 Å². The molecule has 0 radical (unpaired) electrons. The molecule has 3 heterocycles. The van der Waals surface area contributed by atoms with Crippen molar-refractivity contribution in [2.24, 2.45) is 5.92 Å². The molecule has 0 aliphatic carbocycles. The van der Waals surface area contributed by atoms with Gasteiger partial charge >= 0.3 is 0 Å². The Labute approximate surface area is 137 Å². The van der Waals surface area contributed by atoms with Gasteiger partial charge in [0, 0.05) is 38.2 Å². The van der Waals surface area contributed by atoms with Crippen LogP contribution in [0.25, 0.3) is 0 Å². The van der Waals surface area contributed by atoms with Crippen molar-refractivity contribution in [2.75, 3.05) is 6.54 Å². The number of aryl methyl sites for hydroxylation is 2. The van der Waals surface area contributed by atoms with Crippen molar-refractivity contribution in [3.05, 3.63) is 17.7 Å². The number of likely N-dealkylation sites (tertiary alicyclic amines) is 1. The minimum atomic E-state index is -0.351. The topological polar surface area (TPSA) is 67.2 Å². The van der Waals surface area contributed by atoms with Gasteiger partial charge in [-0.2, -0.15) is 0 Å². The first-order chi connectivity index (χ1) is 11.0. The molecule has 1 aromatic heterocycles. The highest BCUT2D eigenvalue weighted by Crippen LogP contribution is 2.21. The molecule has 2 amide bonds. The molecular weight excluding hydrogens is 292 g/mol. The van der Waals surface area contributed by atoms with E-state index in [4.69, 9.17) is 0 Å². The third-order valence-corrected chi connectivity index (χ3v) is 4.81. The van der Waals surface area contributed by atoms with Gasteiger partial charge in [0.15, 0.2) is 0 Å². The third-order valence-electron chi connectivity index (χ3n) is 4.81. The zero-order valence-electron chi connectivity index (χ0n) is 14.2. The normalized spacial score (nSPS) is 22.3. The van der Waals surface area contributed by atoms with Crippen LogP contribution in [0.3, 0.4) is 0 Å². The summed E-state index contributed by atoms with van der Waals surface area (Å²) in [6.45, 7) is 7.47. The summed E-state index contributed by atoms with van der Waals surface area (Å²) < 4.78 is 2.13. The summed E-state index contributed by atoms with van der Waals surface area (Å²) in [5.74, 6) is 1.31. The van der Waals surface area contributed by atoms with Crippen molar-refractivity contribution < 1.29 is 9.59 Å². The SMILES string of the molecule is Cc1cn2c(n1)CCC(NC(=O)C(C(C)C)N1CCCC1=O)C2. The second kappa shape index (κ2) is 6.34. The smallest absolute Gasteiger partial charge is 0.243 e. The molecule has 0 saturated carbocycles. The lowest BCUT2D eigenvalue weighted by Gasteiger charge is -2.32. The average molecular weight is 318 g/mol. The van der Waals surface area contributed by atoms with Crippen molar-refractivity contribution >= 4 is 11.8 Å². The maximum atomic E-state index is 12.8. The van der Waals surface area contributed by atoms with Crippen molar-refractivity contribution in [1.82, 2.24) is 19.8 Å². The number of aromatic nitrogens is 2. The summed E-state index contributed by atoms with van der Waals surface area (Å²) in [5, 5.41) is 3.17. The van der Waals surface area contributed by atoms with Gasteiger partial charge in [-0.1, -0.05) is 13.8 Å². The molecule has 126 valence electrons. The molecule has 0 bridgehead atoms. The van der Waals surface area contributed by atoms with E-state index in [1.54, 1.807) is 4.90 Å². The van der Waals surface area contributed by atoms with Crippen LogP contribution in [-0.2, 0) is 22.6 Å². The highest BCUT2D eigenvalue weighted by atomic mass is 16.2. The van der Waals surface area contributed by atoms with Gasteiger partial charge in [-0.25, -0.2) is 4.98 Å². The van der Waals surface area contributed by atoms with E-state index in [0.29, 0.717) is 13.0 Å². The monoisotopic (exact) mass is 318 g/mol. The van der Waals surface area contributed by atoms with Crippen LogP contribution >= 0.6 is 0 Å². The van der Waals surface area contributed by atoms with Crippen LogP contribution in [0.1, 0.15) is 44.6 Å². The molecule has 1 aromatic rings. The number of imidazole rings is 1. The van der Waals surface area contributed by atoms with E-state index in [1.807, 2.05) is 27.0 Å². The fraction of sp³-hybridized carbons (Fsp3) is 0.706. The molecule has 2 aliphatic rings. The molecule has 2 aliphatic heterocycles. The fourth-order valence-corrected chi connectivity index (χ4v) is 3.76. The van der Waals surface area contributed by atoms with Crippen LogP contribution < -0.4 is 5.32 Å². The molecule has 2 atom stereocenters. The first-order valence-electron chi connectivity index (χ1n) is 8.58. The molecule has 0 aromatic carbocycles. The minimum absolute atomic E-state index is 0.0134. The van der Waals surface area contributed by atoms with Gasteiger partial charge in [-0.05, 0) is 25.7 Å². The van der Waals surface area contributed by atoms with Gasteiger partial charge in [0.05, 0.1) is 5.69 Å². The number of hydrogen-bond acceptors (Lipinski definition) is 3. The van der Waals surface area contributed by atoms with Gasteiger partial charge in [0.1, 0.15) is 11.9 Å². The predicted octanol–water partition coefficient (Wildman–Crippen LogP) is 1.27. The van der Waals surface area contributed by atoms with E-state index >= 15 is 0 Å². The molecule has 0 spiro atoms. The lowest BCUT2D eigenvalue weighted by molar-refractivity contribution is -0.139. The number of nitrogens with one attached hydrogen (secondary N) is 1. The van der Waals surface area contributed by atoms with E-state index in [2.05, 4.69) is 14.9 Å². The van der Waals surface area contributed by atoms with E-state index in [9.17, 15) is 9.59 Å². The van der Waals surface area contributed by atoms with Crippen LogP contribution in [-0.4, -0.2) is 44.9 Å². The Bertz CT molecular complexity index is 608. The van der Waals surface area contributed by atoms with Gasteiger partial charge in [0.2, 0.25) is 11.8 Å². The van der Waals surface area contributed by atoms with Crippen molar-refractivity contribution in [3.63, 3.8) is 0 Å². The van der Waals surface area contributed by atoms with Crippen LogP contribution in [0.4, 0.5) is 0 Å². The van der Waals surface area contributed by atoms with Gasteiger partial charge in [-0.3, -0.25) is 9.59 Å². The van der Waals surface area contributed by atoms with Gasteiger partial charge in [-0.15, -0.1) is 0 Å². The molecule has 6 heteroatoms. The average Bonchev–Trinajstić information content (AvgIpc) is 3.03. The van der Waals surface area contributed by atoms with E-state index in [0.717, 1.165) is 37.3 Å². The Morgan fingerprint density at radius 2 is 2.17 bits per heavy atom. The lowest BCUT2D eigenvalue weighted by atomic mass is 10.00. The molecule has 23 heavy (non-hydrogen) atoms. The summed E-state index contributed by atoms with van der Waals surface area (Å²) in [7, 11) is 0. The standard InChI is InChI=1S/C17H26N4O2/c1-11(2)16(21-8-4-5-15(21)22)17(23)19-13-6-7-14-18-12(3)9-20(14)10-13/h9,11,13,16H,4-8,10H2,1-3H3,(H,19,23). The Morgan fingerprint density at radius 3 is 2.83 bits per heavy atom. The molecule has 3 rings (SSSR count). The number of carbonyl (C=O) groups excluding carboxylic acids is 2. The maximum absolute atomic E-state index is 12.8. The first kappa shape index (κ1) is 16.0. The van der Waals surface area contributed by atoms with Crippen molar-refractivity contribution in [1.29, 1.82) is 0 Å². The molecule has 1 saturated heterocycles. The Morgan fingerprint density at radius 1 is 1.39 bits per heavy atom. The maximum Gasteiger partial charge on any atom is 0.243 e. The Balaban J connectivity index is 1.66.